The fourth-order valence-corrected chi connectivity index (χ4v) is 6.86. The Morgan fingerprint density at radius 2 is 0.731 bits per heavy atom. The van der Waals surface area contributed by atoms with Gasteiger partial charge in [0.05, 0.1) is 6.57 Å². The van der Waals surface area contributed by atoms with Crippen LogP contribution in [0.3, 0.4) is 0 Å². The van der Waals surface area contributed by atoms with Crippen molar-refractivity contribution in [2.75, 3.05) is 0 Å². The molecule has 4 nitrogen and oxygen atoms in total. The van der Waals surface area contributed by atoms with Gasteiger partial charge in [0.15, 0.2) is 23.2 Å². The van der Waals surface area contributed by atoms with Crippen molar-refractivity contribution >= 4 is 27.2 Å². The van der Waals surface area contributed by atoms with Crippen LogP contribution in [0, 0.1) is 6.57 Å². The zero-order valence-corrected chi connectivity index (χ0v) is 28.1. The van der Waals surface area contributed by atoms with E-state index in [1.165, 1.54) is 32.7 Å². The van der Waals surface area contributed by atoms with Crippen molar-refractivity contribution in [3.05, 3.63) is 193 Å². The highest BCUT2D eigenvalue weighted by Gasteiger charge is 2.14. The SMILES string of the molecule is [C-]#[N+]c1ccc(-c2ccc(-c3ccc4cc(-c5ccc(-c6nc(-c7ccccc7)nc(-c7ccccc7)n6)cc5)ccc4c3)c3ccccc23)cc1. The number of fused-ring (bicyclic) bond motifs is 2. The van der Waals surface area contributed by atoms with Crippen LogP contribution in [0.2, 0.25) is 0 Å². The van der Waals surface area contributed by atoms with Crippen LogP contribution in [0.1, 0.15) is 0 Å². The normalized spacial score (nSPS) is 11.1. The van der Waals surface area contributed by atoms with Gasteiger partial charge < -0.3 is 0 Å². The molecule has 0 bridgehead atoms. The Balaban J connectivity index is 1.03. The number of benzene rings is 8. The molecule has 0 fully saturated rings. The highest BCUT2D eigenvalue weighted by molar-refractivity contribution is 6.06. The molecular formula is C48H30N4. The maximum atomic E-state index is 7.30. The first-order valence-electron chi connectivity index (χ1n) is 17.2. The molecule has 0 amide bonds. The van der Waals surface area contributed by atoms with E-state index in [0.29, 0.717) is 23.2 Å². The summed E-state index contributed by atoms with van der Waals surface area (Å²) < 4.78 is 0. The summed E-state index contributed by atoms with van der Waals surface area (Å²) in [5.41, 5.74) is 10.4. The number of hydrogen-bond donors (Lipinski definition) is 0. The average Bonchev–Trinajstić information content (AvgIpc) is 3.23. The highest BCUT2D eigenvalue weighted by atomic mass is 15.0. The predicted octanol–water partition coefficient (Wildman–Crippen LogP) is 12.7. The van der Waals surface area contributed by atoms with E-state index in [0.717, 1.165) is 38.9 Å². The van der Waals surface area contributed by atoms with Gasteiger partial charge in [0.25, 0.3) is 0 Å². The lowest BCUT2D eigenvalue weighted by Crippen LogP contribution is -2.00. The Hall–Kier alpha value is -7.22. The molecule has 0 aliphatic carbocycles. The van der Waals surface area contributed by atoms with Crippen LogP contribution in [0.4, 0.5) is 5.69 Å². The van der Waals surface area contributed by atoms with Crippen LogP contribution < -0.4 is 0 Å². The van der Waals surface area contributed by atoms with Crippen LogP contribution in [-0.2, 0) is 0 Å². The summed E-state index contributed by atoms with van der Waals surface area (Å²) in [7, 11) is 0. The molecule has 0 unspecified atom stereocenters. The van der Waals surface area contributed by atoms with Crippen molar-refractivity contribution < 1.29 is 0 Å². The summed E-state index contributed by atoms with van der Waals surface area (Å²) in [4.78, 5) is 18.2. The van der Waals surface area contributed by atoms with Crippen LogP contribution in [0.25, 0.3) is 93.9 Å². The lowest BCUT2D eigenvalue weighted by atomic mass is 9.91. The van der Waals surface area contributed by atoms with Crippen LogP contribution in [-0.4, -0.2) is 15.0 Å². The molecule has 9 aromatic rings. The maximum Gasteiger partial charge on any atom is 0.187 e. The molecular weight excluding hydrogens is 633 g/mol. The maximum absolute atomic E-state index is 7.30. The minimum absolute atomic E-state index is 0.642. The minimum atomic E-state index is 0.642. The molecule has 242 valence electrons. The van der Waals surface area contributed by atoms with E-state index in [1.807, 2.05) is 84.9 Å². The van der Waals surface area contributed by atoms with Gasteiger partial charge in [-0.15, -0.1) is 0 Å². The fourth-order valence-electron chi connectivity index (χ4n) is 6.86. The molecule has 0 saturated heterocycles. The van der Waals surface area contributed by atoms with Gasteiger partial charge in [-0.1, -0.05) is 170 Å². The zero-order valence-electron chi connectivity index (χ0n) is 28.1. The topological polar surface area (TPSA) is 43.0 Å². The third kappa shape index (κ3) is 5.87. The summed E-state index contributed by atoms with van der Waals surface area (Å²) in [6, 6.07) is 62.8. The first-order valence-corrected chi connectivity index (χ1v) is 17.2. The molecule has 52 heavy (non-hydrogen) atoms. The van der Waals surface area contributed by atoms with E-state index in [4.69, 9.17) is 21.5 Å². The fraction of sp³-hybridized carbons (Fsp3) is 0. The van der Waals surface area contributed by atoms with E-state index in [-0.39, 0.29) is 0 Å². The average molecular weight is 663 g/mol. The first kappa shape index (κ1) is 30.8. The molecule has 0 radical (unpaired) electrons. The number of rotatable bonds is 6. The predicted molar refractivity (Wildman–Crippen MR) is 214 cm³/mol. The molecule has 8 aromatic carbocycles. The van der Waals surface area contributed by atoms with Crippen LogP contribution in [0.5, 0.6) is 0 Å². The van der Waals surface area contributed by atoms with Crippen LogP contribution in [0.15, 0.2) is 182 Å². The van der Waals surface area contributed by atoms with Crippen molar-refractivity contribution in [2.45, 2.75) is 0 Å². The lowest BCUT2D eigenvalue weighted by Gasteiger charge is -2.13. The van der Waals surface area contributed by atoms with Crippen molar-refractivity contribution in [1.82, 2.24) is 15.0 Å². The van der Waals surface area contributed by atoms with Gasteiger partial charge in [0, 0.05) is 16.7 Å². The first-order chi connectivity index (χ1) is 25.7. The summed E-state index contributed by atoms with van der Waals surface area (Å²) in [5, 5.41) is 4.77. The van der Waals surface area contributed by atoms with Crippen molar-refractivity contribution in [1.29, 1.82) is 0 Å². The van der Waals surface area contributed by atoms with Gasteiger partial charge in [-0.2, -0.15) is 0 Å². The molecule has 0 saturated carbocycles. The molecule has 1 heterocycles. The Labute approximate surface area is 302 Å². The van der Waals surface area contributed by atoms with Crippen molar-refractivity contribution in [3.63, 3.8) is 0 Å². The summed E-state index contributed by atoms with van der Waals surface area (Å²) >= 11 is 0. The number of aromatic nitrogens is 3. The second-order valence-electron chi connectivity index (χ2n) is 12.8. The van der Waals surface area contributed by atoms with Gasteiger partial charge in [0.2, 0.25) is 0 Å². The van der Waals surface area contributed by atoms with E-state index >= 15 is 0 Å². The third-order valence-corrected chi connectivity index (χ3v) is 9.56. The Kier molecular flexibility index (Phi) is 7.85. The van der Waals surface area contributed by atoms with Gasteiger partial charge in [0.1, 0.15) is 0 Å². The highest BCUT2D eigenvalue weighted by Crippen LogP contribution is 2.38. The number of hydrogen-bond acceptors (Lipinski definition) is 3. The van der Waals surface area contributed by atoms with Gasteiger partial charge in [-0.05, 0) is 67.1 Å². The molecule has 4 heteroatoms. The summed E-state index contributed by atoms with van der Waals surface area (Å²) in [5.74, 6) is 1.95. The molecule has 0 N–H and O–H groups in total. The largest absolute Gasteiger partial charge is 0.238 e. The number of nitrogens with zero attached hydrogens (tertiary/aromatic N) is 4. The molecule has 9 rings (SSSR count). The molecule has 0 spiro atoms. The second kappa shape index (κ2) is 13.2. The Morgan fingerprint density at radius 3 is 1.27 bits per heavy atom. The van der Waals surface area contributed by atoms with E-state index in [9.17, 15) is 0 Å². The standard InChI is InChI=1S/C48H30N4/c1-49-41-26-24-33(25-27-41)42-28-29-43(45-15-9-8-14-44(42)45)40-23-22-38-30-37(20-21-39(38)31-40)32-16-18-36(19-17-32)48-51-46(34-10-4-2-5-11-34)50-47(52-48)35-12-6-3-7-13-35/h2-31H. The molecule has 0 aliphatic heterocycles. The summed E-state index contributed by atoms with van der Waals surface area (Å²) in [6.45, 7) is 7.30. The Morgan fingerprint density at radius 1 is 0.327 bits per heavy atom. The second-order valence-corrected chi connectivity index (χ2v) is 12.8. The Bertz CT molecular complexity index is 2710. The minimum Gasteiger partial charge on any atom is -0.238 e. The summed E-state index contributed by atoms with van der Waals surface area (Å²) in [6.07, 6.45) is 0. The molecule has 1 aromatic heterocycles. The molecule has 0 atom stereocenters. The van der Waals surface area contributed by atoms with Gasteiger partial charge >= 0.3 is 0 Å². The van der Waals surface area contributed by atoms with Gasteiger partial charge in [-0.3, -0.25) is 0 Å². The monoisotopic (exact) mass is 662 g/mol. The lowest BCUT2D eigenvalue weighted by molar-refractivity contribution is 1.07. The van der Waals surface area contributed by atoms with Crippen molar-refractivity contribution in [2.24, 2.45) is 0 Å². The quantitative estimate of drug-likeness (QED) is 0.166. The van der Waals surface area contributed by atoms with Gasteiger partial charge in [-0.25, -0.2) is 19.8 Å². The van der Waals surface area contributed by atoms with E-state index in [2.05, 4.69) is 102 Å². The third-order valence-electron chi connectivity index (χ3n) is 9.56. The van der Waals surface area contributed by atoms with Crippen LogP contribution >= 0.6 is 0 Å². The zero-order chi connectivity index (χ0) is 34.9. The molecule has 0 aliphatic rings. The smallest absolute Gasteiger partial charge is 0.187 e. The van der Waals surface area contributed by atoms with E-state index < -0.39 is 0 Å². The van der Waals surface area contributed by atoms with Crippen molar-refractivity contribution in [3.8, 4) is 67.5 Å². The van der Waals surface area contributed by atoms with E-state index in [1.54, 1.807) is 0 Å².